The Hall–Kier alpha value is -9.14. The molecule has 6 N–H and O–H groups in total. The molecule has 0 aliphatic carbocycles. The van der Waals surface area contributed by atoms with Gasteiger partial charge in [-0.25, -0.2) is 5.26 Å². The van der Waals surface area contributed by atoms with Crippen LogP contribution in [0, 0.1) is 22.3 Å². The number of aromatic hydroxyl groups is 2. The highest BCUT2D eigenvalue weighted by Crippen LogP contribution is 2.26. The van der Waals surface area contributed by atoms with Crippen LogP contribution in [-0.2, 0) is 34.6 Å². The first kappa shape index (κ1) is 69.6. The lowest BCUT2D eigenvalue weighted by atomic mass is 10.0. The highest BCUT2D eigenvalue weighted by molar-refractivity contribution is 9.10. The van der Waals surface area contributed by atoms with Crippen LogP contribution in [0.4, 0.5) is 0 Å². The van der Waals surface area contributed by atoms with Gasteiger partial charge in [0.1, 0.15) is 23.0 Å². The summed E-state index contributed by atoms with van der Waals surface area (Å²) in [5, 5.41) is 66.5. The maximum absolute atomic E-state index is 10.6. The van der Waals surface area contributed by atoms with Crippen LogP contribution in [0.3, 0.4) is 0 Å². The Balaban J connectivity index is 0.000000187. The number of nitriles is 2. The number of hydrogen-bond donors (Lipinski definition) is 6. The van der Waals surface area contributed by atoms with Crippen molar-refractivity contribution in [3.8, 4) is 34.8 Å². The van der Waals surface area contributed by atoms with Crippen molar-refractivity contribution in [2.24, 2.45) is 0 Å². The minimum atomic E-state index is -4.67. The van der Waals surface area contributed by atoms with Crippen molar-refractivity contribution < 1.29 is 52.2 Å². The molecule has 0 aliphatic rings. The molecule has 0 radical (unpaired) electrons. The summed E-state index contributed by atoms with van der Waals surface area (Å²) in [4.78, 5) is 10.6. The highest BCUT2D eigenvalue weighted by atomic mass is 79.9. The molecule has 17 heteroatoms. The lowest BCUT2D eigenvalue weighted by molar-refractivity contribution is -0.136. The molecular formula is C71H66Br2N2O11SSi. The van der Waals surface area contributed by atoms with Gasteiger partial charge in [-0.2, -0.15) is 13.7 Å². The zero-order valence-electron chi connectivity index (χ0n) is 48.9. The Morgan fingerprint density at radius 1 is 0.455 bits per heavy atom. The Morgan fingerprint density at radius 3 is 1.15 bits per heavy atom. The van der Waals surface area contributed by atoms with Gasteiger partial charge >= 0.3 is 16.4 Å². The topological polar surface area (TPSA) is 239 Å². The molecule has 0 fully saturated rings. The number of aliphatic carboxylic acids is 1. The second kappa shape index (κ2) is 34.9. The largest absolute Gasteiger partial charge is 0.508 e. The SMILES string of the molecule is COc1ccc2cc(CC#N)ccc2c1.COc1ccc2cc(CC(=O)O)ccc2c1.C[Si](C)(C)C#N.O=S(=O)(O)O.OCc1ccc2cc(Br)ccc2c1.Oc1ccc2cc(Br)ccc2c1.Oc1ccc2ccccc2c1.c1ccc2ccccc2c1. The molecule has 13 nitrogen and oxygen atoms in total. The molecule has 88 heavy (non-hydrogen) atoms. The van der Waals surface area contributed by atoms with Crippen LogP contribution in [-0.4, -0.2) is 66.2 Å². The van der Waals surface area contributed by atoms with Crippen molar-refractivity contribution in [1.29, 1.82) is 10.5 Å². The summed E-state index contributed by atoms with van der Waals surface area (Å²) in [7, 11) is -2.71. The van der Waals surface area contributed by atoms with Crippen LogP contribution >= 0.6 is 31.9 Å². The first-order valence-electron chi connectivity index (χ1n) is 27.1. The van der Waals surface area contributed by atoms with Gasteiger partial charge in [0, 0.05) is 14.6 Å². The number of aliphatic hydroxyl groups excluding tert-OH is 1. The summed E-state index contributed by atoms with van der Waals surface area (Å²) in [6.07, 6.45) is 0.518. The monoisotopic (exact) mass is 1340 g/mol. The number of phenols is 2. The molecule has 12 aromatic carbocycles. The van der Waals surface area contributed by atoms with E-state index in [0.29, 0.717) is 17.9 Å². The highest BCUT2D eigenvalue weighted by Gasteiger charge is 2.09. The van der Waals surface area contributed by atoms with E-state index in [-0.39, 0.29) is 13.0 Å². The van der Waals surface area contributed by atoms with E-state index in [1.165, 1.54) is 16.2 Å². The number of carboxylic acids is 1. The number of aliphatic hydroxyl groups is 1. The maximum atomic E-state index is 10.6. The summed E-state index contributed by atoms with van der Waals surface area (Å²) in [5.74, 6) is 1.48. The van der Waals surface area contributed by atoms with E-state index in [1.807, 2.05) is 177 Å². The second-order valence-corrected chi connectivity index (χ2v) is 27.8. The Labute approximate surface area is 530 Å². The second-order valence-electron chi connectivity index (χ2n) is 20.3. The smallest absolute Gasteiger partial charge is 0.394 e. The van der Waals surface area contributed by atoms with Gasteiger partial charge in [0.05, 0.1) is 39.7 Å². The van der Waals surface area contributed by atoms with E-state index in [9.17, 15) is 9.90 Å². The fraction of sp³-hybridized carbons (Fsp3) is 0.113. The molecule has 0 saturated heterocycles. The zero-order valence-corrected chi connectivity index (χ0v) is 53.9. The molecule has 0 aromatic heterocycles. The number of carboxylic acid groups (broad SMARTS) is 1. The fourth-order valence-corrected chi connectivity index (χ4v) is 8.92. The number of methoxy groups -OCH3 is 2. The van der Waals surface area contributed by atoms with Crippen molar-refractivity contribution in [2.45, 2.75) is 39.1 Å². The van der Waals surface area contributed by atoms with E-state index in [4.69, 9.17) is 52.8 Å². The Bertz CT molecular complexity index is 4360. The summed E-state index contributed by atoms with van der Waals surface area (Å²) in [6.45, 7) is 6.17. The zero-order chi connectivity index (χ0) is 64.2. The van der Waals surface area contributed by atoms with Gasteiger partial charge in [0.2, 0.25) is 0 Å². The summed E-state index contributed by atoms with van der Waals surface area (Å²) in [6, 6.07) is 78.9. The van der Waals surface area contributed by atoms with Crippen LogP contribution < -0.4 is 9.47 Å². The molecule has 0 spiro atoms. The van der Waals surface area contributed by atoms with Crippen LogP contribution in [0.2, 0.25) is 19.6 Å². The number of rotatable bonds is 6. The minimum Gasteiger partial charge on any atom is -0.508 e. The standard InChI is InChI=1S/C13H11NO.C13H12O3.C11H9BrO.C10H7BrO.C10H8O.C10H8.C4H9NSi.H2O4S/c1-15-13-5-4-11-8-10(6-7-14)2-3-12(11)9-13;1-16-12-5-4-10-6-9(7-13(14)15)2-3-11(10)8-12;12-11-4-3-9-5-8(7-13)1-2-10(9)6-11;11-9-3-1-8-6-10(12)4-2-7(8)5-9;11-10-6-5-8-3-1-2-4-9(8)7-10;1-2-6-10-8-4-3-7-9(10)5-1;1-6(2,3)4-5;1-5(2,3)4/h2-5,8-9H,6H2,1H3;2-6,8H,7H2,1H3,(H,14,15);1-6,13H,7H2;1-6,12H;1-7,11H;1-8H;1-3H3;(H2,1,2,3,4). The Morgan fingerprint density at radius 2 is 0.750 bits per heavy atom. The van der Waals surface area contributed by atoms with Gasteiger partial charge < -0.3 is 29.9 Å². The van der Waals surface area contributed by atoms with Crippen molar-refractivity contribution in [2.75, 3.05) is 14.2 Å². The predicted molar refractivity (Wildman–Crippen MR) is 365 cm³/mol. The summed E-state index contributed by atoms with van der Waals surface area (Å²) < 4.78 is 44.0. The third-order valence-corrected chi connectivity index (χ3v) is 14.1. The first-order valence-corrected chi connectivity index (χ1v) is 33.6. The first-order chi connectivity index (χ1) is 41.9. The number of halogens is 2. The maximum Gasteiger partial charge on any atom is 0.394 e. The van der Waals surface area contributed by atoms with E-state index in [2.05, 4.69) is 98.2 Å². The third kappa shape index (κ3) is 25.1. The van der Waals surface area contributed by atoms with Gasteiger partial charge in [0.15, 0.2) is 8.07 Å². The van der Waals surface area contributed by atoms with Crippen molar-refractivity contribution in [1.82, 2.24) is 0 Å². The quantitative estimate of drug-likeness (QED) is 0.0672. The molecule has 12 aromatic rings. The summed E-state index contributed by atoms with van der Waals surface area (Å²) in [5.41, 5.74) is 5.06. The van der Waals surface area contributed by atoms with E-state index in [1.54, 1.807) is 38.5 Å². The van der Waals surface area contributed by atoms with Gasteiger partial charge in [-0.3, -0.25) is 13.9 Å². The summed E-state index contributed by atoms with van der Waals surface area (Å²) >= 11 is 6.81. The molecule has 450 valence electrons. The van der Waals surface area contributed by atoms with Crippen LogP contribution in [0.25, 0.3) is 64.6 Å². The van der Waals surface area contributed by atoms with Crippen molar-refractivity contribution in [3.05, 3.63) is 262 Å². The van der Waals surface area contributed by atoms with Gasteiger partial charge in [-0.15, -0.1) is 0 Å². The van der Waals surface area contributed by atoms with Crippen molar-refractivity contribution in [3.63, 3.8) is 0 Å². The average Bonchev–Trinajstić information content (AvgIpc) is 3.71. The number of fused-ring (bicyclic) bond motifs is 6. The Kier molecular flexibility index (Phi) is 27.6. The molecule has 0 atom stereocenters. The van der Waals surface area contributed by atoms with Gasteiger partial charge in [-0.1, -0.05) is 209 Å². The lowest BCUT2D eigenvalue weighted by Crippen LogP contribution is -2.15. The van der Waals surface area contributed by atoms with Gasteiger partial charge in [-0.05, 0) is 160 Å². The normalized spacial score (nSPS) is 10.3. The number of hydrogen-bond acceptors (Lipinski definition) is 10. The van der Waals surface area contributed by atoms with E-state index >= 15 is 0 Å². The predicted octanol–water partition coefficient (Wildman–Crippen LogP) is 17.9. The van der Waals surface area contributed by atoms with E-state index in [0.717, 1.165) is 85.6 Å². The van der Waals surface area contributed by atoms with Crippen LogP contribution in [0.5, 0.6) is 23.0 Å². The number of phenolic OH excluding ortho intramolecular Hbond substituents is 2. The lowest BCUT2D eigenvalue weighted by Gasteiger charge is -2.04. The number of carbonyl (C=O) groups is 1. The average molecular weight is 1340 g/mol. The molecule has 0 bridgehead atoms. The molecule has 0 amide bonds. The molecule has 0 heterocycles. The number of ether oxygens (including phenoxy) is 2. The van der Waals surface area contributed by atoms with Crippen molar-refractivity contribution >= 4 is 121 Å². The minimum absolute atomic E-state index is 0.0575. The molecular weight excluding hydrogens is 1280 g/mol. The molecule has 0 saturated carbocycles. The van der Waals surface area contributed by atoms with E-state index < -0.39 is 24.4 Å². The van der Waals surface area contributed by atoms with Crippen LogP contribution in [0.15, 0.2) is 246 Å². The fourth-order valence-electron chi connectivity index (χ4n) is 8.16. The molecule has 0 unspecified atom stereocenters. The number of nitrogens with zero attached hydrogens (tertiary/aromatic N) is 2. The number of benzene rings is 12. The molecule has 12 rings (SSSR count). The van der Waals surface area contributed by atoms with Gasteiger partial charge in [0.25, 0.3) is 0 Å². The molecule has 0 aliphatic heterocycles. The third-order valence-electron chi connectivity index (χ3n) is 12.4. The van der Waals surface area contributed by atoms with Crippen LogP contribution in [0.1, 0.15) is 16.7 Å².